The third-order valence-electron chi connectivity index (χ3n) is 4.07. The number of sulfonamides is 1. The van der Waals surface area contributed by atoms with Crippen LogP contribution in [-0.2, 0) is 10.0 Å². The molecule has 0 atom stereocenters. The maximum Gasteiger partial charge on any atom is 0.240 e. The minimum absolute atomic E-state index is 0.167. The minimum Gasteiger partial charge on any atom is -0.340 e. The number of fused-ring (bicyclic) bond motifs is 1. The summed E-state index contributed by atoms with van der Waals surface area (Å²) in [6.45, 7) is 0. The van der Waals surface area contributed by atoms with Gasteiger partial charge in [-0.3, -0.25) is 5.10 Å². The maximum absolute atomic E-state index is 12.0. The Kier molecular flexibility index (Phi) is 4.63. The predicted octanol–water partition coefficient (Wildman–Crippen LogP) is 2.75. The quantitative estimate of drug-likeness (QED) is 0.396. The molecule has 0 aliphatic rings. The smallest absolute Gasteiger partial charge is 0.240 e. The topological polar surface area (TPSA) is 125 Å². The van der Waals surface area contributed by atoms with Crippen molar-refractivity contribution >= 4 is 43.9 Å². The average Bonchev–Trinajstić information content (AvgIpc) is 3.16. The van der Waals surface area contributed by atoms with Crippen LogP contribution >= 0.6 is 0 Å². The molecule has 0 saturated heterocycles. The number of nitrogens with one attached hydrogen (secondary N) is 4. The molecule has 4 rings (SSSR count). The fourth-order valence-corrected chi connectivity index (χ4v) is 3.44. The number of benzene rings is 2. The first-order valence-electron chi connectivity index (χ1n) is 8.36. The molecule has 0 amide bonds. The van der Waals surface area contributed by atoms with E-state index in [1.165, 1.54) is 25.5 Å². The number of nitrogens with zero attached hydrogens (tertiary/aromatic N) is 3. The molecule has 0 radical (unpaired) electrons. The highest BCUT2D eigenvalue weighted by Gasteiger charge is 2.11. The summed E-state index contributed by atoms with van der Waals surface area (Å²) in [7, 11) is -2.14. The van der Waals surface area contributed by atoms with Gasteiger partial charge in [0.05, 0.1) is 16.6 Å². The van der Waals surface area contributed by atoms with Gasteiger partial charge in [-0.15, -0.1) is 0 Å². The molecule has 2 aromatic carbocycles. The van der Waals surface area contributed by atoms with Crippen LogP contribution in [0.2, 0.25) is 0 Å². The van der Waals surface area contributed by atoms with E-state index in [-0.39, 0.29) is 4.90 Å². The molecule has 4 N–H and O–H groups in total. The predicted molar refractivity (Wildman–Crippen MR) is 107 cm³/mol. The number of aromatic nitrogens is 4. The van der Waals surface area contributed by atoms with Gasteiger partial charge in [0.1, 0.15) is 18.0 Å². The van der Waals surface area contributed by atoms with Crippen LogP contribution in [0, 0.1) is 0 Å². The summed E-state index contributed by atoms with van der Waals surface area (Å²) in [6.07, 6.45) is 3.18. The van der Waals surface area contributed by atoms with Crippen LogP contribution in [0.1, 0.15) is 0 Å². The second-order valence-corrected chi connectivity index (χ2v) is 7.83. The highest BCUT2D eigenvalue weighted by Crippen LogP contribution is 2.23. The van der Waals surface area contributed by atoms with Crippen molar-refractivity contribution in [2.75, 3.05) is 17.7 Å². The van der Waals surface area contributed by atoms with Crippen molar-refractivity contribution in [1.29, 1.82) is 0 Å². The summed E-state index contributed by atoms with van der Waals surface area (Å²) < 4.78 is 26.2. The summed E-state index contributed by atoms with van der Waals surface area (Å²) in [5.41, 5.74) is 2.36. The van der Waals surface area contributed by atoms with E-state index >= 15 is 0 Å². The average molecular weight is 395 g/mol. The second kappa shape index (κ2) is 7.25. The standard InChI is InChI=1S/C18H17N7O2S/c1-19-28(26,27)15-4-2-3-13(7-15)23-17-9-18(21-11-20-17)24-14-6-5-12-10-22-25-16(12)8-14/h2-11,19H,1H3,(H,22,25)(H2,20,21,23,24). The van der Waals surface area contributed by atoms with E-state index in [9.17, 15) is 8.42 Å². The van der Waals surface area contributed by atoms with Gasteiger partial charge in [-0.1, -0.05) is 6.07 Å². The van der Waals surface area contributed by atoms with Crippen LogP contribution in [-0.4, -0.2) is 35.6 Å². The van der Waals surface area contributed by atoms with Crippen molar-refractivity contribution in [2.24, 2.45) is 0 Å². The Morgan fingerprint density at radius 3 is 2.43 bits per heavy atom. The molecule has 142 valence electrons. The van der Waals surface area contributed by atoms with Gasteiger partial charge in [0.25, 0.3) is 0 Å². The molecule has 0 aliphatic carbocycles. The molecule has 0 unspecified atom stereocenters. The minimum atomic E-state index is -3.52. The van der Waals surface area contributed by atoms with E-state index in [1.807, 2.05) is 18.2 Å². The molecular formula is C18H17N7O2S. The van der Waals surface area contributed by atoms with Crippen LogP contribution in [0.15, 0.2) is 66.0 Å². The second-order valence-electron chi connectivity index (χ2n) is 5.95. The molecule has 9 nitrogen and oxygen atoms in total. The van der Waals surface area contributed by atoms with Crippen LogP contribution in [0.4, 0.5) is 23.0 Å². The number of rotatable bonds is 6. The van der Waals surface area contributed by atoms with Crippen LogP contribution < -0.4 is 15.4 Å². The van der Waals surface area contributed by atoms with E-state index in [0.717, 1.165) is 16.6 Å². The first-order valence-corrected chi connectivity index (χ1v) is 9.85. The molecule has 0 saturated carbocycles. The number of hydrogen-bond acceptors (Lipinski definition) is 7. The third kappa shape index (κ3) is 3.77. The molecule has 10 heteroatoms. The zero-order chi connectivity index (χ0) is 19.6. The van der Waals surface area contributed by atoms with Crippen LogP contribution in [0.5, 0.6) is 0 Å². The summed E-state index contributed by atoms with van der Waals surface area (Å²) in [4.78, 5) is 8.57. The summed E-state index contributed by atoms with van der Waals surface area (Å²) in [5, 5.41) is 14.3. The van der Waals surface area contributed by atoms with E-state index in [4.69, 9.17) is 0 Å². The lowest BCUT2D eigenvalue weighted by atomic mass is 10.2. The molecule has 0 bridgehead atoms. The SMILES string of the molecule is CNS(=O)(=O)c1cccc(Nc2cc(Nc3ccc4cn[nH]c4c3)ncn2)c1. The monoisotopic (exact) mass is 395 g/mol. The van der Waals surface area contributed by atoms with Crippen molar-refractivity contribution in [1.82, 2.24) is 24.9 Å². The zero-order valence-electron chi connectivity index (χ0n) is 14.8. The summed E-state index contributed by atoms with van der Waals surface area (Å²) in [6, 6.07) is 14.0. The van der Waals surface area contributed by atoms with Crippen LogP contribution in [0.3, 0.4) is 0 Å². The van der Waals surface area contributed by atoms with Crippen molar-refractivity contribution in [2.45, 2.75) is 4.90 Å². The number of hydrogen-bond donors (Lipinski definition) is 4. The number of H-pyrrole nitrogens is 1. The van der Waals surface area contributed by atoms with E-state index in [1.54, 1.807) is 24.4 Å². The van der Waals surface area contributed by atoms with Gasteiger partial charge >= 0.3 is 0 Å². The summed E-state index contributed by atoms with van der Waals surface area (Å²) >= 11 is 0. The van der Waals surface area contributed by atoms with Crippen molar-refractivity contribution in [3.05, 3.63) is 61.1 Å². The van der Waals surface area contributed by atoms with E-state index in [0.29, 0.717) is 17.3 Å². The number of aromatic amines is 1. The molecule has 0 aliphatic heterocycles. The zero-order valence-corrected chi connectivity index (χ0v) is 15.7. The van der Waals surface area contributed by atoms with Crippen molar-refractivity contribution in [3.8, 4) is 0 Å². The van der Waals surface area contributed by atoms with Gasteiger partial charge in [-0.25, -0.2) is 23.1 Å². The van der Waals surface area contributed by atoms with Gasteiger partial charge in [0, 0.05) is 22.8 Å². The van der Waals surface area contributed by atoms with E-state index < -0.39 is 10.0 Å². The fourth-order valence-electron chi connectivity index (χ4n) is 2.66. The Balaban J connectivity index is 1.55. The Morgan fingerprint density at radius 2 is 1.68 bits per heavy atom. The van der Waals surface area contributed by atoms with Crippen molar-refractivity contribution in [3.63, 3.8) is 0 Å². The fraction of sp³-hybridized carbons (Fsp3) is 0.0556. The molecule has 28 heavy (non-hydrogen) atoms. The van der Waals surface area contributed by atoms with Gasteiger partial charge < -0.3 is 10.6 Å². The molecular weight excluding hydrogens is 378 g/mol. The lowest BCUT2D eigenvalue weighted by Crippen LogP contribution is -2.18. The first-order chi connectivity index (χ1) is 13.5. The van der Waals surface area contributed by atoms with Gasteiger partial charge in [0.2, 0.25) is 10.0 Å². The largest absolute Gasteiger partial charge is 0.340 e. The van der Waals surface area contributed by atoms with Crippen molar-refractivity contribution < 1.29 is 8.42 Å². The Labute approximate surface area is 161 Å². The molecule has 2 aromatic heterocycles. The Hall–Kier alpha value is -3.50. The maximum atomic E-state index is 12.0. The highest BCUT2D eigenvalue weighted by atomic mass is 32.2. The molecule has 4 aromatic rings. The first kappa shape index (κ1) is 17.9. The highest BCUT2D eigenvalue weighted by molar-refractivity contribution is 7.89. The molecule has 0 spiro atoms. The lowest BCUT2D eigenvalue weighted by Gasteiger charge is -2.10. The van der Waals surface area contributed by atoms with E-state index in [2.05, 4.69) is 35.5 Å². The van der Waals surface area contributed by atoms with Gasteiger partial charge in [0.15, 0.2) is 0 Å². The number of anilines is 4. The third-order valence-corrected chi connectivity index (χ3v) is 5.48. The summed E-state index contributed by atoms with van der Waals surface area (Å²) in [5.74, 6) is 1.12. The Bertz CT molecular complexity index is 1240. The molecule has 0 fully saturated rings. The Morgan fingerprint density at radius 1 is 0.929 bits per heavy atom. The van der Waals surface area contributed by atoms with Crippen LogP contribution in [0.25, 0.3) is 10.9 Å². The van der Waals surface area contributed by atoms with Gasteiger partial charge in [-0.05, 0) is 43.4 Å². The normalized spacial score (nSPS) is 11.5. The van der Waals surface area contributed by atoms with Gasteiger partial charge in [-0.2, -0.15) is 5.10 Å². The molecule has 2 heterocycles. The lowest BCUT2D eigenvalue weighted by molar-refractivity contribution is 0.588.